The number of carbonyl (C=O) groups is 2. The molecule has 0 bridgehead atoms. The Hall–Kier alpha value is -5.62. The van der Waals surface area contributed by atoms with E-state index in [9.17, 15) is 32.7 Å². The molecule has 2 N–H and O–H groups in total. The smallest absolute Gasteiger partial charge is 0.416 e. The molecule has 6 heterocycles. The van der Waals surface area contributed by atoms with Gasteiger partial charge in [-0.1, -0.05) is 11.6 Å². The fourth-order valence-electron chi connectivity index (χ4n) is 6.68. The molecule has 0 unspecified atom stereocenters. The number of amides is 2. The van der Waals surface area contributed by atoms with Crippen LogP contribution in [0.1, 0.15) is 58.9 Å². The summed E-state index contributed by atoms with van der Waals surface area (Å²) in [6, 6.07) is 5.72. The van der Waals surface area contributed by atoms with Crippen LogP contribution in [0.25, 0.3) is 16.9 Å². The molecule has 2 amide bonds. The third kappa shape index (κ3) is 5.96. The van der Waals surface area contributed by atoms with E-state index in [0.717, 1.165) is 12.1 Å². The maximum atomic E-state index is 14.4. The van der Waals surface area contributed by atoms with Gasteiger partial charge in [0.1, 0.15) is 18.5 Å². The highest BCUT2D eigenvalue weighted by atomic mass is 35.5. The SMILES string of the molecule is COc1cc(-n2nc3c(=O)c4c(n(CC(=O)Nc5ccc(C(F)(F)F)cc5Cl)c3n2)[C@@H](C)OC42CCN(C(=O)c3ncnc(C)c3O)CC2)ccn1. The normalized spacial score (nSPS) is 16.7. The summed E-state index contributed by atoms with van der Waals surface area (Å²) < 4.78 is 53.0. The predicted molar refractivity (Wildman–Crippen MR) is 177 cm³/mol. The number of pyridine rings is 2. The third-order valence-corrected chi connectivity index (χ3v) is 9.49. The van der Waals surface area contributed by atoms with E-state index in [2.05, 4.69) is 30.5 Å². The van der Waals surface area contributed by atoms with Gasteiger partial charge in [0.25, 0.3) is 5.91 Å². The average molecular weight is 740 g/mol. The molecule has 2 aliphatic heterocycles. The van der Waals surface area contributed by atoms with Crippen LogP contribution < -0.4 is 15.5 Å². The quantitative estimate of drug-likeness (QED) is 0.253. The van der Waals surface area contributed by atoms with Gasteiger partial charge in [-0.3, -0.25) is 14.4 Å². The standard InChI is InChI=1S/C33H29ClF3N9O6/c1-16-28(48)26(40-15-39-16)31(50)44-10-7-32(8-11-44)24-27(17(2)52-32)45(14-22(47)41-21-5-4-18(12-20(21)34)33(35,36)37)30-25(29(24)49)42-46(43-30)19-6-9-38-23(13-19)51-3/h4-6,9,12-13,15,17,48H,7-8,10-11,14H2,1-3H3,(H,41,47)/t17-/m1/s1. The number of benzene rings is 1. The molecule has 1 saturated heterocycles. The topological polar surface area (TPSA) is 179 Å². The van der Waals surface area contributed by atoms with E-state index < -0.39 is 47.2 Å². The number of piperidine rings is 1. The lowest BCUT2D eigenvalue weighted by Crippen LogP contribution is -2.47. The molecule has 1 atom stereocenters. The number of hydrogen-bond donors (Lipinski definition) is 2. The monoisotopic (exact) mass is 739 g/mol. The lowest BCUT2D eigenvalue weighted by molar-refractivity contribution is -0.137. The van der Waals surface area contributed by atoms with E-state index in [1.165, 1.54) is 33.9 Å². The van der Waals surface area contributed by atoms with Gasteiger partial charge in [-0.15, -0.1) is 15.0 Å². The number of halogens is 4. The van der Waals surface area contributed by atoms with Crippen molar-refractivity contribution in [3.63, 3.8) is 0 Å². The average Bonchev–Trinajstić information content (AvgIpc) is 3.68. The van der Waals surface area contributed by atoms with Crippen LogP contribution in [0.4, 0.5) is 18.9 Å². The van der Waals surface area contributed by atoms with Crippen molar-refractivity contribution in [1.82, 2.24) is 39.4 Å². The molecule has 5 aromatic rings. The number of nitrogens with one attached hydrogen (secondary N) is 1. The number of likely N-dealkylation sites (tertiary alicyclic amines) is 1. The summed E-state index contributed by atoms with van der Waals surface area (Å²) in [6.45, 7) is 3.10. The van der Waals surface area contributed by atoms with Crippen LogP contribution in [0.5, 0.6) is 11.6 Å². The summed E-state index contributed by atoms with van der Waals surface area (Å²) in [6.07, 6.45) is -2.34. The molecule has 0 radical (unpaired) electrons. The molecule has 2 aliphatic rings. The number of aromatic hydroxyl groups is 1. The van der Waals surface area contributed by atoms with Gasteiger partial charge in [0.05, 0.1) is 52.1 Å². The highest BCUT2D eigenvalue weighted by Gasteiger charge is 2.50. The maximum Gasteiger partial charge on any atom is 0.416 e. The molecule has 1 aromatic carbocycles. The van der Waals surface area contributed by atoms with E-state index in [1.54, 1.807) is 26.0 Å². The number of anilines is 1. The van der Waals surface area contributed by atoms with Crippen LogP contribution in [0.3, 0.4) is 0 Å². The number of hydrogen-bond acceptors (Lipinski definition) is 11. The fourth-order valence-corrected chi connectivity index (χ4v) is 6.90. The van der Waals surface area contributed by atoms with Crippen molar-refractivity contribution in [2.75, 3.05) is 25.5 Å². The molecule has 1 spiro atoms. The van der Waals surface area contributed by atoms with Gasteiger partial charge in [-0.05, 0) is 51.0 Å². The first-order chi connectivity index (χ1) is 24.7. The van der Waals surface area contributed by atoms with Crippen molar-refractivity contribution >= 4 is 40.3 Å². The summed E-state index contributed by atoms with van der Waals surface area (Å²) >= 11 is 6.13. The number of nitrogens with zero attached hydrogens (tertiary/aromatic N) is 8. The number of alkyl halides is 3. The molecule has 0 aliphatic carbocycles. The Balaban J connectivity index is 1.28. The number of ether oxygens (including phenoxy) is 2. The van der Waals surface area contributed by atoms with Crippen LogP contribution >= 0.6 is 11.6 Å². The van der Waals surface area contributed by atoms with Crippen LogP contribution in [0.2, 0.25) is 5.02 Å². The Morgan fingerprint density at radius 3 is 2.58 bits per heavy atom. The van der Waals surface area contributed by atoms with Gasteiger partial charge in [-0.2, -0.15) is 13.2 Å². The number of aryl methyl sites for hydroxylation is 1. The maximum absolute atomic E-state index is 14.4. The Kier molecular flexibility index (Phi) is 8.61. The summed E-state index contributed by atoms with van der Waals surface area (Å²) in [7, 11) is 1.44. The Bertz CT molecular complexity index is 2320. The highest BCUT2D eigenvalue weighted by Crippen LogP contribution is 2.48. The first kappa shape index (κ1) is 34.8. The van der Waals surface area contributed by atoms with Crippen molar-refractivity contribution in [1.29, 1.82) is 0 Å². The second-order valence-corrected chi connectivity index (χ2v) is 12.7. The van der Waals surface area contributed by atoms with Gasteiger partial charge in [0.2, 0.25) is 17.2 Å². The number of carbonyl (C=O) groups excluding carboxylic acids is 2. The first-order valence-corrected chi connectivity index (χ1v) is 16.3. The minimum Gasteiger partial charge on any atom is -0.504 e. The number of aromatic nitrogens is 7. The molecule has 15 nitrogen and oxygen atoms in total. The molecule has 52 heavy (non-hydrogen) atoms. The molecule has 19 heteroatoms. The lowest BCUT2D eigenvalue weighted by Gasteiger charge is -2.39. The van der Waals surface area contributed by atoms with Gasteiger partial charge in [0, 0.05) is 25.4 Å². The van der Waals surface area contributed by atoms with Crippen LogP contribution in [0.15, 0.2) is 47.7 Å². The Labute approximate surface area is 297 Å². The number of rotatable bonds is 6. The fraction of sp³-hybridized carbons (Fsp3) is 0.333. The zero-order valence-corrected chi connectivity index (χ0v) is 28.5. The summed E-state index contributed by atoms with van der Waals surface area (Å²) in [4.78, 5) is 56.1. The van der Waals surface area contributed by atoms with Crippen LogP contribution in [-0.4, -0.2) is 76.5 Å². The zero-order chi connectivity index (χ0) is 37.1. The molecular weight excluding hydrogens is 711 g/mol. The summed E-state index contributed by atoms with van der Waals surface area (Å²) in [5, 5.41) is 21.7. The van der Waals surface area contributed by atoms with Crippen LogP contribution in [0, 0.1) is 6.92 Å². The summed E-state index contributed by atoms with van der Waals surface area (Å²) in [5.41, 5.74) is -1.60. The van der Waals surface area contributed by atoms with E-state index in [-0.39, 0.29) is 76.4 Å². The first-order valence-electron chi connectivity index (χ1n) is 15.9. The molecular formula is C33H29ClF3N9O6. The molecule has 7 rings (SSSR count). The van der Waals surface area contributed by atoms with Crippen molar-refractivity contribution in [3.8, 4) is 17.3 Å². The Morgan fingerprint density at radius 1 is 1.13 bits per heavy atom. The molecule has 270 valence electrons. The van der Waals surface area contributed by atoms with Gasteiger partial charge in [-0.25, -0.2) is 15.0 Å². The molecule has 1 fully saturated rings. The molecule has 0 saturated carbocycles. The van der Waals surface area contributed by atoms with Crippen molar-refractivity contribution in [2.45, 2.75) is 51.1 Å². The Morgan fingerprint density at radius 2 is 1.88 bits per heavy atom. The highest BCUT2D eigenvalue weighted by molar-refractivity contribution is 6.33. The van der Waals surface area contributed by atoms with Gasteiger partial charge < -0.3 is 29.4 Å². The van der Waals surface area contributed by atoms with Crippen molar-refractivity contribution in [2.24, 2.45) is 0 Å². The second-order valence-electron chi connectivity index (χ2n) is 12.3. The van der Waals surface area contributed by atoms with Gasteiger partial charge in [0.15, 0.2) is 22.6 Å². The van der Waals surface area contributed by atoms with Gasteiger partial charge >= 0.3 is 6.18 Å². The van der Waals surface area contributed by atoms with Crippen molar-refractivity contribution < 1.29 is 37.3 Å². The molecule has 4 aromatic heterocycles. The van der Waals surface area contributed by atoms with E-state index in [0.29, 0.717) is 17.4 Å². The minimum absolute atomic E-state index is 0.0444. The van der Waals surface area contributed by atoms with Crippen LogP contribution in [-0.2, 0) is 27.9 Å². The lowest BCUT2D eigenvalue weighted by atomic mass is 9.84. The minimum atomic E-state index is -4.63. The number of methoxy groups -OCH3 is 1. The summed E-state index contributed by atoms with van der Waals surface area (Å²) in [5.74, 6) is -1.24. The van der Waals surface area contributed by atoms with E-state index in [1.807, 2.05) is 0 Å². The van der Waals surface area contributed by atoms with E-state index in [4.69, 9.17) is 21.1 Å². The zero-order valence-electron chi connectivity index (χ0n) is 27.7. The van der Waals surface area contributed by atoms with Crippen molar-refractivity contribution in [3.05, 3.63) is 86.3 Å². The predicted octanol–water partition coefficient (Wildman–Crippen LogP) is 4.32. The number of fused-ring (bicyclic) bond motifs is 3. The van der Waals surface area contributed by atoms with E-state index >= 15 is 0 Å². The largest absolute Gasteiger partial charge is 0.504 e. The third-order valence-electron chi connectivity index (χ3n) is 9.18. The second kappa shape index (κ2) is 12.9.